The van der Waals surface area contributed by atoms with Gasteiger partial charge in [-0.2, -0.15) is 0 Å². The Morgan fingerprint density at radius 2 is 2.13 bits per heavy atom. The van der Waals surface area contributed by atoms with Crippen molar-refractivity contribution in [2.75, 3.05) is 0 Å². The van der Waals surface area contributed by atoms with Gasteiger partial charge >= 0.3 is 0 Å². The highest BCUT2D eigenvalue weighted by Gasteiger charge is 2.08. The van der Waals surface area contributed by atoms with Gasteiger partial charge in [0.25, 0.3) is 0 Å². The first-order valence-corrected chi connectivity index (χ1v) is 4.88. The molecular formula is C13H12O2. The van der Waals surface area contributed by atoms with Crippen LogP contribution in [0.15, 0.2) is 47.1 Å². The average molecular weight is 200 g/mol. The lowest BCUT2D eigenvalue weighted by Crippen LogP contribution is -2.02. The first kappa shape index (κ1) is 9.71. The molecule has 0 N–H and O–H groups in total. The predicted octanol–water partition coefficient (Wildman–Crippen LogP) is 3.01. The number of benzene rings is 1. The Morgan fingerprint density at radius 1 is 1.27 bits per heavy atom. The van der Waals surface area contributed by atoms with Gasteiger partial charge in [-0.3, -0.25) is 4.79 Å². The third-order valence-corrected chi connectivity index (χ3v) is 2.25. The van der Waals surface area contributed by atoms with Crippen LogP contribution in [0, 0.1) is 6.92 Å². The molecule has 2 rings (SSSR count). The van der Waals surface area contributed by atoms with Crippen LogP contribution in [-0.4, -0.2) is 5.78 Å². The Bertz CT molecular complexity index is 455. The summed E-state index contributed by atoms with van der Waals surface area (Å²) in [5.41, 5.74) is 1.84. The molecule has 0 aliphatic rings. The van der Waals surface area contributed by atoms with Gasteiger partial charge in [-0.25, -0.2) is 0 Å². The number of aryl methyl sites for hydroxylation is 1. The molecule has 0 atom stereocenters. The fraction of sp³-hybridized carbons (Fsp3) is 0.154. The van der Waals surface area contributed by atoms with E-state index in [9.17, 15) is 4.79 Å². The van der Waals surface area contributed by atoms with Crippen molar-refractivity contribution in [3.8, 4) is 0 Å². The molecule has 2 heteroatoms. The van der Waals surface area contributed by atoms with E-state index in [0.717, 1.165) is 11.1 Å². The van der Waals surface area contributed by atoms with Crippen molar-refractivity contribution in [1.29, 1.82) is 0 Å². The molecule has 2 aromatic rings. The summed E-state index contributed by atoms with van der Waals surface area (Å²) in [5.74, 6) is 0.801. The van der Waals surface area contributed by atoms with Gasteiger partial charge in [0.1, 0.15) is 5.76 Å². The zero-order chi connectivity index (χ0) is 10.7. The lowest BCUT2D eigenvalue weighted by Gasteiger charge is -1.99. The predicted molar refractivity (Wildman–Crippen MR) is 57.9 cm³/mol. The number of carbonyl (C=O) groups is 1. The van der Waals surface area contributed by atoms with Crippen molar-refractivity contribution in [2.24, 2.45) is 0 Å². The zero-order valence-corrected chi connectivity index (χ0v) is 8.57. The third kappa shape index (κ3) is 2.34. The first-order chi connectivity index (χ1) is 7.25. The largest absolute Gasteiger partial charge is 0.469 e. The minimum atomic E-state index is 0.0913. The molecule has 0 bridgehead atoms. The minimum Gasteiger partial charge on any atom is -0.469 e. The van der Waals surface area contributed by atoms with Crippen molar-refractivity contribution in [1.82, 2.24) is 0 Å². The van der Waals surface area contributed by atoms with Crippen molar-refractivity contribution in [3.63, 3.8) is 0 Å². The van der Waals surface area contributed by atoms with E-state index in [4.69, 9.17) is 4.42 Å². The van der Waals surface area contributed by atoms with Gasteiger partial charge in [0, 0.05) is 5.56 Å². The van der Waals surface area contributed by atoms with E-state index in [0.29, 0.717) is 12.2 Å². The molecule has 0 aliphatic heterocycles. The molecule has 0 saturated carbocycles. The number of hydrogen-bond acceptors (Lipinski definition) is 2. The van der Waals surface area contributed by atoms with Crippen LogP contribution in [0.1, 0.15) is 21.7 Å². The van der Waals surface area contributed by atoms with E-state index in [1.165, 1.54) is 0 Å². The smallest absolute Gasteiger partial charge is 0.170 e. The van der Waals surface area contributed by atoms with Gasteiger partial charge in [0.15, 0.2) is 5.78 Å². The maximum Gasteiger partial charge on any atom is 0.170 e. The molecule has 0 radical (unpaired) electrons. The highest BCUT2D eigenvalue weighted by molar-refractivity contribution is 5.97. The van der Waals surface area contributed by atoms with Gasteiger partial charge in [-0.1, -0.05) is 23.8 Å². The quantitative estimate of drug-likeness (QED) is 0.713. The Balaban J connectivity index is 2.15. The molecule has 1 heterocycles. The Labute approximate surface area is 88.5 Å². The van der Waals surface area contributed by atoms with Crippen LogP contribution < -0.4 is 0 Å². The van der Waals surface area contributed by atoms with E-state index >= 15 is 0 Å². The molecule has 1 aromatic heterocycles. The van der Waals surface area contributed by atoms with Crippen LogP contribution >= 0.6 is 0 Å². The van der Waals surface area contributed by atoms with Gasteiger partial charge in [0.2, 0.25) is 0 Å². The summed E-state index contributed by atoms with van der Waals surface area (Å²) in [7, 11) is 0. The molecule has 2 nitrogen and oxygen atoms in total. The fourth-order valence-corrected chi connectivity index (χ4v) is 1.49. The van der Waals surface area contributed by atoms with Crippen LogP contribution in [0.25, 0.3) is 0 Å². The summed E-state index contributed by atoms with van der Waals surface area (Å²) in [5, 5.41) is 0. The minimum absolute atomic E-state index is 0.0913. The molecule has 1 aromatic carbocycles. The van der Waals surface area contributed by atoms with Crippen molar-refractivity contribution >= 4 is 5.78 Å². The lowest BCUT2D eigenvalue weighted by molar-refractivity contribution is 0.0987. The van der Waals surface area contributed by atoms with E-state index in [2.05, 4.69) is 0 Å². The molecule has 0 aliphatic carbocycles. The van der Waals surface area contributed by atoms with Gasteiger partial charge < -0.3 is 4.42 Å². The normalized spacial score (nSPS) is 10.2. The number of rotatable bonds is 3. The van der Waals surface area contributed by atoms with E-state index in [-0.39, 0.29) is 5.78 Å². The Kier molecular flexibility index (Phi) is 2.68. The highest BCUT2D eigenvalue weighted by atomic mass is 16.3. The second kappa shape index (κ2) is 4.13. The van der Waals surface area contributed by atoms with Gasteiger partial charge in [0.05, 0.1) is 12.7 Å². The van der Waals surface area contributed by atoms with Crippen LogP contribution in [0.3, 0.4) is 0 Å². The van der Waals surface area contributed by atoms with E-state index in [1.807, 2.05) is 37.3 Å². The van der Waals surface area contributed by atoms with Crippen molar-refractivity contribution in [2.45, 2.75) is 13.3 Å². The molecule has 0 saturated heterocycles. The number of Topliss-reactive ketones (excluding diaryl/α,β-unsaturated/α-hetero) is 1. The summed E-state index contributed by atoms with van der Waals surface area (Å²) in [6, 6.07) is 11.2. The Hall–Kier alpha value is -1.83. The second-order valence-corrected chi connectivity index (χ2v) is 3.55. The monoisotopic (exact) mass is 200 g/mol. The molecule has 76 valence electrons. The number of hydrogen-bond donors (Lipinski definition) is 0. The van der Waals surface area contributed by atoms with Crippen LogP contribution in [0.2, 0.25) is 0 Å². The molecule has 0 unspecified atom stereocenters. The summed E-state index contributed by atoms with van der Waals surface area (Å²) in [6.07, 6.45) is 1.91. The van der Waals surface area contributed by atoms with E-state index in [1.54, 1.807) is 12.3 Å². The molecule has 0 spiro atoms. The Morgan fingerprint density at radius 3 is 2.80 bits per heavy atom. The standard InChI is InChI=1S/C13H12O2/c1-10-4-2-5-11(8-10)13(14)9-12-6-3-7-15-12/h2-8H,9H2,1H3. The SMILES string of the molecule is Cc1cccc(C(=O)Cc2ccco2)c1. The maximum atomic E-state index is 11.8. The molecule has 0 fully saturated rings. The van der Waals surface area contributed by atoms with Crippen LogP contribution in [0.4, 0.5) is 0 Å². The lowest BCUT2D eigenvalue weighted by atomic mass is 10.1. The van der Waals surface area contributed by atoms with Crippen molar-refractivity contribution in [3.05, 3.63) is 59.5 Å². The second-order valence-electron chi connectivity index (χ2n) is 3.55. The maximum absolute atomic E-state index is 11.8. The summed E-state index contributed by atoms with van der Waals surface area (Å²) >= 11 is 0. The summed E-state index contributed by atoms with van der Waals surface area (Å²) in [4.78, 5) is 11.8. The molecule has 0 amide bonds. The number of carbonyl (C=O) groups excluding carboxylic acids is 1. The highest BCUT2D eigenvalue weighted by Crippen LogP contribution is 2.09. The number of ketones is 1. The zero-order valence-electron chi connectivity index (χ0n) is 8.57. The van der Waals surface area contributed by atoms with Crippen LogP contribution in [0.5, 0.6) is 0 Å². The van der Waals surface area contributed by atoms with Crippen molar-refractivity contribution < 1.29 is 9.21 Å². The van der Waals surface area contributed by atoms with Gasteiger partial charge in [-0.15, -0.1) is 0 Å². The third-order valence-electron chi connectivity index (χ3n) is 2.25. The molecule has 15 heavy (non-hydrogen) atoms. The summed E-state index contributed by atoms with van der Waals surface area (Å²) < 4.78 is 5.14. The topological polar surface area (TPSA) is 30.2 Å². The fourth-order valence-electron chi connectivity index (χ4n) is 1.49. The average Bonchev–Trinajstić information content (AvgIpc) is 2.70. The molecular weight excluding hydrogens is 188 g/mol. The number of furan rings is 1. The van der Waals surface area contributed by atoms with E-state index < -0.39 is 0 Å². The summed E-state index contributed by atoms with van der Waals surface area (Å²) in [6.45, 7) is 1.98. The first-order valence-electron chi connectivity index (χ1n) is 4.88. The van der Waals surface area contributed by atoms with Gasteiger partial charge in [-0.05, 0) is 25.1 Å². The van der Waals surface area contributed by atoms with Crippen LogP contribution in [-0.2, 0) is 6.42 Å².